The predicted octanol–water partition coefficient (Wildman–Crippen LogP) is 1.40. The van der Waals surface area contributed by atoms with Crippen LogP contribution in [0.25, 0.3) is 0 Å². The van der Waals surface area contributed by atoms with Gasteiger partial charge in [0.15, 0.2) is 17.3 Å². The van der Waals surface area contributed by atoms with Crippen molar-refractivity contribution < 1.29 is 28.8 Å². The van der Waals surface area contributed by atoms with E-state index in [9.17, 15) is 24.0 Å². The van der Waals surface area contributed by atoms with Crippen LogP contribution in [-0.4, -0.2) is 102 Å². The number of hydrogen-bond donors (Lipinski definition) is 9. The minimum absolute atomic E-state index is 0.000665. The summed E-state index contributed by atoms with van der Waals surface area (Å²) in [6, 6.07) is 12.0. The first-order valence-corrected chi connectivity index (χ1v) is 21.4. The average molecular weight is 844 g/mol. The number of unbranched alkanes of at least 4 members (excludes halogenated alkanes) is 1. The Hall–Kier alpha value is -5.29. The topological polar surface area (TPSA) is 282 Å². The molecule has 3 rings (SSSR count). The van der Waals surface area contributed by atoms with Crippen molar-refractivity contribution in [1.29, 1.82) is 5.41 Å². The molecule has 333 valence electrons. The van der Waals surface area contributed by atoms with Crippen LogP contribution in [0.3, 0.4) is 0 Å². The van der Waals surface area contributed by atoms with Gasteiger partial charge in [-0.15, -0.1) is 6.58 Å². The van der Waals surface area contributed by atoms with Crippen molar-refractivity contribution in [3.05, 3.63) is 84.4 Å². The van der Waals surface area contributed by atoms with Crippen LogP contribution >= 0.6 is 0 Å². The normalized spacial score (nSPS) is 16.3. The molecule has 0 aliphatic heterocycles. The summed E-state index contributed by atoms with van der Waals surface area (Å²) < 4.78 is 0. The molecule has 1 fully saturated rings. The van der Waals surface area contributed by atoms with Crippen LogP contribution in [-0.2, 0) is 41.6 Å². The van der Waals surface area contributed by atoms with Gasteiger partial charge in [0.2, 0.25) is 24.0 Å². The second-order valence-electron chi connectivity index (χ2n) is 15.9. The van der Waals surface area contributed by atoms with Crippen LogP contribution in [0, 0.1) is 11.3 Å². The first-order chi connectivity index (χ1) is 29.3. The highest BCUT2D eigenvalue weighted by molar-refractivity contribution is 6.15. The van der Waals surface area contributed by atoms with Crippen LogP contribution in [0.5, 0.6) is 0 Å². The third-order valence-electron chi connectivity index (χ3n) is 11.2. The summed E-state index contributed by atoms with van der Waals surface area (Å²) >= 11 is 0. The molecule has 61 heavy (non-hydrogen) atoms. The van der Waals surface area contributed by atoms with Gasteiger partial charge in [-0.2, -0.15) is 0 Å². The van der Waals surface area contributed by atoms with Gasteiger partial charge in [0, 0.05) is 13.0 Å². The molecule has 4 amide bonds. The molecule has 0 heterocycles. The lowest BCUT2D eigenvalue weighted by Gasteiger charge is -2.41. The number of ketones is 1. The van der Waals surface area contributed by atoms with Crippen molar-refractivity contribution in [3.8, 4) is 0 Å². The van der Waals surface area contributed by atoms with Crippen LogP contribution in [0.4, 0.5) is 0 Å². The number of nitrogens with two attached hydrogens (primary N) is 4. The zero-order valence-electron chi connectivity index (χ0n) is 35.5. The Morgan fingerprint density at radius 2 is 1.43 bits per heavy atom. The van der Waals surface area contributed by atoms with Gasteiger partial charge in [0.25, 0.3) is 5.91 Å². The fourth-order valence-corrected chi connectivity index (χ4v) is 7.87. The molecule has 1 aliphatic rings. The lowest BCUT2D eigenvalue weighted by atomic mass is 9.81. The molecule has 16 nitrogen and oxygen atoms in total. The number of benzene rings is 2. The van der Waals surface area contributed by atoms with E-state index in [0.717, 1.165) is 37.7 Å². The lowest BCUT2D eigenvalue weighted by Crippen LogP contribution is -2.69. The maximum Gasteiger partial charge on any atom is 0.253 e. The van der Waals surface area contributed by atoms with E-state index < -0.39 is 71.6 Å². The number of amides is 4. The number of nitrogens with zero attached hydrogens (tertiary/aromatic N) is 1. The third-order valence-corrected chi connectivity index (χ3v) is 11.2. The zero-order valence-corrected chi connectivity index (χ0v) is 35.5. The molecule has 0 saturated heterocycles. The van der Waals surface area contributed by atoms with Crippen molar-refractivity contribution in [2.45, 2.75) is 126 Å². The molecule has 2 aromatic carbocycles. The Kier molecular flexibility index (Phi) is 21.5. The second-order valence-corrected chi connectivity index (χ2v) is 15.9. The van der Waals surface area contributed by atoms with Crippen LogP contribution < -0.4 is 44.2 Å². The Morgan fingerprint density at radius 3 is 1.97 bits per heavy atom. The summed E-state index contributed by atoms with van der Waals surface area (Å²) in [5.74, 6) is -4.51. The fourth-order valence-electron chi connectivity index (χ4n) is 7.87. The number of Topliss-reactive ketones (excluding diaryl/α,β-unsaturated/α-hetero) is 1. The van der Waals surface area contributed by atoms with Gasteiger partial charge < -0.3 is 44.2 Å². The highest BCUT2D eigenvalue weighted by Crippen LogP contribution is 2.30. The predicted molar refractivity (Wildman–Crippen MR) is 236 cm³/mol. The van der Waals surface area contributed by atoms with Gasteiger partial charge in [-0.05, 0) is 82.0 Å². The Balaban J connectivity index is 2.15. The SMILES string of the molecule is C=CC[C@H](N)C(=O)[C@@]([C]=O)(CCCNC(=N)N)N(C(=O)[C@H](N)CC1CCCCC1)C(=O)[C@H](Cc1ccccc1)NC(=O)[C@H](CCCCN)NC(=O)[C@H](Cc1ccccc1)NC. The summed E-state index contributed by atoms with van der Waals surface area (Å²) in [6.45, 7) is 4.01. The lowest BCUT2D eigenvalue weighted by molar-refractivity contribution is -0.158. The standard InChI is InChI=1S/C45H67N10O6/c1-3-16-34(47)39(57)45(30-56,24-15-26-52-44(49)50)55(42(60)35(48)27-31-17-7-4-8-18-31)43(61)38(29-33-21-11-6-12-22-33)54-40(58)36(23-13-14-25-46)53-41(59)37(51-2)28-32-19-9-5-10-20-32/h3,5-6,9-12,19-22,31,34-38,51H,1,4,7-8,13-18,23-29,46-48H2,2H3,(H,53,59)(H,54,58)(H4,49,50,52)/t34-,35+,36-,37-,38-,45-/m0/s1. The molecule has 0 unspecified atom stereocenters. The average Bonchev–Trinajstić information content (AvgIpc) is 3.26. The number of carbonyl (C=O) groups excluding carboxylic acids is 6. The van der Waals surface area contributed by atoms with E-state index in [2.05, 4.69) is 27.8 Å². The molecular formula is C45H67N10O6. The molecule has 16 heteroatoms. The highest BCUT2D eigenvalue weighted by atomic mass is 16.2. The van der Waals surface area contributed by atoms with Crippen molar-refractivity contribution in [3.63, 3.8) is 0 Å². The minimum Gasteiger partial charge on any atom is -0.370 e. The zero-order chi connectivity index (χ0) is 44.8. The van der Waals surface area contributed by atoms with Crippen LogP contribution in [0.1, 0.15) is 88.2 Å². The highest BCUT2D eigenvalue weighted by Gasteiger charge is 2.54. The second kappa shape index (κ2) is 26.1. The minimum atomic E-state index is -2.59. The number of rotatable bonds is 27. The van der Waals surface area contributed by atoms with Crippen molar-refractivity contribution in [1.82, 2.24) is 26.2 Å². The molecule has 1 radical (unpaired) electrons. The van der Waals surface area contributed by atoms with Gasteiger partial charge in [-0.25, -0.2) is 0 Å². The molecule has 0 spiro atoms. The number of likely N-dealkylation sites (N-methyl/N-ethyl adjacent to an activating group) is 1. The summed E-state index contributed by atoms with van der Waals surface area (Å²) in [4.78, 5) is 87.1. The molecule has 1 saturated carbocycles. The summed E-state index contributed by atoms with van der Waals surface area (Å²) in [6.07, 6.45) is 8.73. The largest absolute Gasteiger partial charge is 0.370 e. The summed E-state index contributed by atoms with van der Waals surface area (Å²) in [5, 5.41) is 18.9. The Bertz CT molecular complexity index is 1740. The van der Waals surface area contributed by atoms with E-state index >= 15 is 4.79 Å². The number of guanidine groups is 1. The fraction of sp³-hybridized carbons (Fsp3) is 0.533. The van der Waals surface area contributed by atoms with Crippen LogP contribution in [0.2, 0.25) is 0 Å². The van der Waals surface area contributed by atoms with E-state index in [1.807, 2.05) is 30.3 Å². The Labute approximate surface area is 360 Å². The molecule has 6 atom stereocenters. The molecule has 0 bridgehead atoms. The summed E-state index contributed by atoms with van der Waals surface area (Å²) in [5.41, 5.74) is 23.2. The monoisotopic (exact) mass is 844 g/mol. The van der Waals surface area contributed by atoms with E-state index in [4.69, 9.17) is 28.3 Å². The van der Waals surface area contributed by atoms with E-state index in [0.29, 0.717) is 36.3 Å². The van der Waals surface area contributed by atoms with E-state index in [1.54, 1.807) is 43.7 Å². The van der Waals surface area contributed by atoms with Crippen LogP contribution in [0.15, 0.2) is 73.3 Å². The molecule has 1 aliphatic carbocycles. The first-order valence-electron chi connectivity index (χ1n) is 21.4. The van der Waals surface area contributed by atoms with Gasteiger partial charge in [0.1, 0.15) is 12.1 Å². The number of hydrogen-bond acceptors (Lipinski definition) is 11. The van der Waals surface area contributed by atoms with Crippen molar-refractivity contribution >= 4 is 41.7 Å². The smallest absolute Gasteiger partial charge is 0.253 e. The number of nitrogens with one attached hydrogen (secondary N) is 5. The van der Waals surface area contributed by atoms with Gasteiger partial charge in [-0.1, -0.05) is 98.8 Å². The van der Waals surface area contributed by atoms with Crippen molar-refractivity contribution in [2.24, 2.45) is 28.9 Å². The maximum absolute atomic E-state index is 15.4. The third kappa shape index (κ3) is 15.3. The van der Waals surface area contributed by atoms with Gasteiger partial charge in [-0.3, -0.25) is 39.1 Å². The molecule has 2 aromatic rings. The number of carbonyl (C=O) groups is 5. The molecule has 0 aromatic heterocycles. The summed E-state index contributed by atoms with van der Waals surface area (Å²) in [7, 11) is 1.64. The van der Waals surface area contributed by atoms with Gasteiger partial charge in [0.05, 0.1) is 18.1 Å². The van der Waals surface area contributed by atoms with E-state index in [1.165, 1.54) is 6.08 Å². The number of imide groups is 1. The van der Waals surface area contributed by atoms with Gasteiger partial charge >= 0.3 is 0 Å². The molecular weight excluding hydrogens is 777 g/mol. The maximum atomic E-state index is 15.4. The first kappa shape index (κ1) is 50.1. The quantitative estimate of drug-likeness (QED) is 0.0203. The Morgan fingerprint density at radius 1 is 0.852 bits per heavy atom. The van der Waals surface area contributed by atoms with Crippen molar-refractivity contribution in [2.75, 3.05) is 20.1 Å². The van der Waals surface area contributed by atoms with E-state index in [-0.39, 0.29) is 50.5 Å². The molecule has 13 N–H and O–H groups in total.